The van der Waals surface area contributed by atoms with Crippen LogP contribution in [0, 0.1) is 0 Å². The van der Waals surface area contributed by atoms with Crippen LogP contribution in [0.1, 0.15) is 19.8 Å². The van der Waals surface area contributed by atoms with E-state index in [2.05, 4.69) is 9.50 Å². The maximum Gasteiger partial charge on any atom is 0.342 e. The summed E-state index contributed by atoms with van der Waals surface area (Å²) in [5.41, 5.74) is 4.85. The summed E-state index contributed by atoms with van der Waals surface area (Å²) >= 11 is -1.60. The number of amides is 1. The van der Waals surface area contributed by atoms with Gasteiger partial charge in [-0.2, -0.15) is 0 Å². The Bertz CT molecular complexity index is 257. The molecule has 0 aliphatic carbocycles. The first-order valence-electron chi connectivity index (χ1n) is 4.56. The zero-order chi connectivity index (χ0) is 11.8. The fourth-order valence-electron chi connectivity index (χ4n) is 0.965. The molecular formula is C8H16N2O4S. The van der Waals surface area contributed by atoms with Crippen LogP contribution in [-0.4, -0.2) is 34.9 Å². The minimum Gasteiger partial charge on any atom is -0.362 e. The zero-order valence-corrected chi connectivity index (χ0v) is 9.63. The van der Waals surface area contributed by atoms with Crippen LogP contribution < -0.4 is 11.1 Å². The maximum atomic E-state index is 11.0. The predicted octanol–water partition coefficient (Wildman–Crippen LogP) is -0.933. The lowest BCUT2D eigenvalue weighted by molar-refractivity contribution is -0.136. The van der Waals surface area contributed by atoms with Crippen molar-refractivity contribution >= 4 is 23.0 Å². The van der Waals surface area contributed by atoms with Crippen LogP contribution >= 0.6 is 0 Å². The molecule has 2 atom stereocenters. The topological polar surface area (TPSA) is 98.5 Å². The Hall–Kier alpha value is -0.950. The molecule has 6 nitrogen and oxygen atoms in total. The molecule has 1 fully saturated rings. The lowest BCUT2D eigenvalue weighted by atomic mass is 10.2. The minimum atomic E-state index is -1.60. The van der Waals surface area contributed by atoms with Gasteiger partial charge in [0.1, 0.15) is 6.04 Å². The van der Waals surface area contributed by atoms with Crippen molar-refractivity contribution in [2.75, 3.05) is 12.8 Å². The zero-order valence-electron chi connectivity index (χ0n) is 8.82. The summed E-state index contributed by atoms with van der Waals surface area (Å²) in [6.45, 7) is 2.65. The molecule has 0 radical (unpaired) electrons. The third-order valence-corrected chi connectivity index (χ3v) is 1.88. The minimum absolute atomic E-state index is 0.168. The summed E-state index contributed by atoms with van der Waals surface area (Å²) in [6.07, 6.45) is 2.01. The molecule has 0 aromatic rings. The monoisotopic (exact) mass is 236 g/mol. The van der Waals surface area contributed by atoms with Gasteiger partial charge in [0.15, 0.2) is 0 Å². The molecule has 0 bridgehead atoms. The summed E-state index contributed by atoms with van der Waals surface area (Å²) in [7, 11) is 0. The van der Waals surface area contributed by atoms with Crippen LogP contribution in [0.2, 0.25) is 0 Å². The molecule has 88 valence electrons. The Labute approximate surface area is 91.2 Å². The highest BCUT2D eigenvalue weighted by molar-refractivity contribution is 7.79. The van der Waals surface area contributed by atoms with E-state index in [-0.39, 0.29) is 5.91 Å². The standard InChI is InChI=1S/C6H9NO4S.C2H7N/c1-12(10)11-6(9)4-2-3-5(8)7-4;1-2-3/h4H,2-3H2,1H3,(H,7,8);2-3H2,1H3. The molecule has 1 rings (SSSR count). The van der Waals surface area contributed by atoms with Gasteiger partial charge in [-0.05, 0) is 13.0 Å². The quantitative estimate of drug-likeness (QED) is 0.645. The average Bonchev–Trinajstić information content (AvgIpc) is 2.52. The van der Waals surface area contributed by atoms with Crippen molar-refractivity contribution in [2.45, 2.75) is 25.8 Å². The summed E-state index contributed by atoms with van der Waals surface area (Å²) in [5, 5.41) is 2.41. The van der Waals surface area contributed by atoms with E-state index in [4.69, 9.17) is 5.73 Å². The second-order valence-corrected chi connectivity index (χ2v) is 3.84. The molecule has 1 aliphatic rings. The smallest absolute Gasteiger partial charge is 0.342 e. The van der Waals surface area contributed by atoms with Gasteiger partial charge in [0, 0.05) is 12.7 Å². The van der Waals surface area contributed by atoms with E-state index in [9.17, 15) is 13.8 Å². The Morgan fingerprint density at radius 3 is 2.60 bits per heavy atom. The maximum absolute atomic E-state index is 11.0. The van der Waals surface area contributed by atoms with Gasteiger partial charge < -0.3 is 15.2 Å². The molecule has 0 spiro atoms. The van der Waals surface area contributed by atoms with Crippen molar-refractivity contribution in [2.24, 2.45) is 5.73 Å². The molecule has 0 aromatic carbocycles. The fourth-order valence-corrected chi connectivity index (χ4v) is 1.31. The van der Waals surface area contributed by atoms with Gasteiger partial charge in [-0.15, -0.1) is 0 Å². The van der Waals surface area contributed by atoms with Gasteiger partial charge in [0.25, 0.3) is 0 Å². The first-order chi connectivity index (χ1) is 7.01. The highest BCUT2D eigenvalue weighted by Gasteiger charge is 2.29. The number of hydrogen-bond donors (Lipinski definition) is 2. The lowest BCUT2D eigenvalue weighted by Gasteiger charge is -2.06. The summed E-state index contributed by atoms with van der Waals surface area (Å²) in [6, 6.07) is -0.610. The number of rotatable bonds is 2. The molecule has 7 heteroatoms. The van der Waals surface area contributed by atoms with E-state index in [1.54, 1.807) is 0 Å². The van der Waals surface area contributed by atoms with Gasteiger partial charge in [-0.3, -0.25) is 4.79 Å². The Morgan fingerprint density at radius 1 is 1.73 bits per heavy atom. The first kappa shape index (κ1) is 14.1. The lowest BCUT2D eigenvalue weighted by Crippen LogP contribution is -2.34. The van der Waals surface area contributed by atoms with Crippen molar-refractivity contribution in [3.05, 3.63) is 0 Å². The van der Waals surface area contributed by atoms with Gasteiger partial charge >= 0.3 is 5.97 Å². The third kappa shape index (κ3) is 6.19. The molecule has 1 amide bonds. The summed E-state index contributed by atoms with van der Waals surface area (Å²) in [5.74, 6) is -0.791. The number of nitrogens with one attached hydrogen (secondary N) is 1. The molecule has 1 aliphatic heterocycles. The summed E-state index contributed by atoms with van der Waals surface area (Å²) in [4.78, 5) is 21.6. The predicted molar refractivity (Wildman–Crippen MR) is 56.1 cm³/mol. The van der Waals surface area contributed by atoms with E-state index in [0.29, 0.717) is 12.8 Å². The van der Waals surface area contributed by atoms with Crippen molar-refractivity contribution in [3.63, 3.8) is 0 Å². The Kier molecular flexibility index (Phi) is 6.89. The largest absolute Gasteiger partial charge is 0.362 e. The second-order valence-electron chi connectivity index (χ2n) is 2.87. The van der Waals surface area contributed by atoms with Gasteiger partial charge in [-0.25, -0.2) is 9.00 Å². The summed E-state index contributed by atoms with van der Waals surface area (Å²) < 4.78 is 14.8. The number of carbonyl (C=O) groups excluding carboxylic acids is 2. The highest BCUT2D eigenvalue weighted by atomic mass is 32.2. The van der Waals surface area contributed by atoms with Gasteiger partial charge in [0.2, 0.25) is 17.0 Å². The van der Waals surface area contributed by atoms with Crippen LogP contribution in [0.4, 0.5) is 0 Å². The number of hydrogen-bond acceptors (Lipinski definition) is 5. The molecule has 2 unspecified atom stereocenters. The first-order valence-corrected chi connectivity index (χ1v) is 6.04. The molecule has 0 saturated carbocycles. The molecule has 15 heavy (non-hydrogen) atoms. The van der Waals surface area contributed by atoms with Crippen molar-refractivity contribution in [3.8, 4) is 0 Å². The van der Waals surface area contributed by atoms with E-state index >= 15 is 0 Å². The third-order valence-electron chi connectivity index (χ3n) is 1.48. The molecule has 1 saturated heterocycles. The van der Waals surface area contributed by atoms with Crippen LogP contribution in [0.3, 0.4) is 0 Å². The molecule has 1 heterocycles. The van der Waals surface area contributed by atoms with Crippen molar-refractivity contribution < 1.29 is 18.0 Å². The van der Waals surface area contributed by atoms with Crippen LogP contribution in [0.5, 0.6) is 0 Å². The van der Waals surface area contributed by atoms with Crippen LogP contribution in [-0.2, 0) is 24.9 Å². The number of nitrogens with two attached hydrogens (primary N) is 1. The van der Waals surface area contributed by atoms with Crippen LogP contribution in [0.15, 0.2) is 0 Å². The molecule has 3 N–H and O–H groups in total. The second kappa shape index (κ2) is 7.36. The van der Waals surface area contributed by atoms with Crippen molar-refractivity contribution in [1.82, 2.24) is 5.32 Å². The van der Waals surface area contributed by atoms with E-state index in [0.717, 1.165) is 6.54 Å². The number of carbonyl (C=O) groups is 2. The average molecular weight is 236 g/mol. The van der Waals surface area contributed by atoms with Gasteiger partial charge in [0.05, 0.1) is 0 Å². The molecule has 0 aromatic heterocycles. The molecular weight excluding hydrogens is 220 g/mol. The SMILES string of the molecule is CCN.CS(=O)OC(=O)C1CCC(=O)N1. The van der Waals surface area contributed by atoms with E-state index < -0.39 is 23.1 Å². The normalized spacial score (nSPS) is 21.0. The van der Waals surface area contributed by atoms with Crippen LogP contribution in [0.25, 0.3) is 0 Å². The van der Waals surface area contributed by atoms with E-state index in [1.165, 1.54) is 6.26 Å². The van der Waals surface area contributed by atoms with Gasteiger partial charge in [-0.1, -0.05) is 6.92 Å². The Morgan fingerprint density at radius 2 is 2.27 bits per heavy atom. The highest BCUT2D eigenvalue weighted by Crippen LogP contribution is 2.08. The van der Waals surface area contributed by atoms with E-state index in [1.807, 2.05) is 6.92 Å². The fraction of sp³-hybridized carbons (Fsp3) is 0.750. The van der Waals surface area contributed by atoms with Crippen molar-refractivity contribution in [1.29, 1.82) is 0 Å². The Balaban J connectivity index is 0.000000583.